The highest BCUT2D eigenvalue weighted by Gasteiger charge is 2.58. The Morgan fingerprint density at radius 1 is 0.345 bits per heavy atom. The molecular weight excluding hydrogens is 766 g/mol. The number of hydrogen-bond acceptors (Lipinski definition) is 8. The Kier molecular flexibility index (Phi) is 10.9. The van der Waals surface area contributed by atoms with Crippen molar-refractivity contribution in [1.29, 1.82) is 0 Å². The lowest BCUT2D eigenvalue weighted by Gasteiger charge is -2.48. The number of benzene rings is 6. The molecule has 0 aliphatic carbocycles. The summed E-state index contributed by atoms with van der Waals surface area (Å²) in [5.41, 5.74) is 1.57. The summed E-state index contributed by atoms with van der Waals surface area (Å²) in [6.07, 6.45) is 0. The molecule has 8 nitrogen and oxygen atoms in total. The zero-order chi connectivity index (χ0) is 40.7. The van der Waals surface area contributed by atoms with Crippen molar-refractivity contribution in [1.82, 2.24) is 0 Å². The second-order valence-corrected chi connectivity index (χ2v) is 19.0. The lowest BCUT2D eigenvalue weighted by Crippen LogP contribution is -2.62. The molecule has 4 atom stereocenters. The van der Waals surface area contributed by atoms with Crippen molar-refractivity contribution in [2.75, 3.05) is 28.4 Å². The summed E-state index contributed by atoms with van der Waals surface area (Å²) in [7, 11) is 3.93. The Hall–Kier alpha value is -4.78. The van der Waals surface area contributed by atoms with Gasteiger partial charge in [-0.1, -0.05) is 121 Å². The molecule has 0 bridgehead atoms. The van der Waals surface area contributed by atoms with E-state index in [1.807, 2.05) is 64.1 Å². The average molecular weight is 815 g/mol. The molecule has 4 unspecified atom stereocenters. The van der Waals surface area contributed by atoms with Gasteiger partial charge in [0.25, 0.3) is 23.1 Å². The Labute approximate surface area is 343 Å². The first-order valence-corrected chi connectivity index (χ1v) is 21.8. The zero-order valence-corrected chi connectivity index (χ0v) is 35.8. The van der Waals surface area contributed by atoms with Crippen LogP contribution < -0.4 is 50.8 Å². The molecule has 6 aromatic rings. The standard InChI is InChI=1S/C48H48O8P2/c1-45(49-5)47(3,51-7)55-43-37(53-45)29-31-39(57(33-21-13-9-14-22-33)34-23-15-10-16-24-34)41(43)42-40(58(35-25-17-11-18-26-35)36-27-19-12-20-28-36)32-30-38-44(42)56-48(4,52-8)46(2,50-6)54-38/h9-32H,1-8H3. The predicted octanol–water partition coefficient (Wildman–Crippen LogP) is 7.86. The maximum atomic E-state index is 7.19. The van der Waals surface area contributed by atoms with E-state index in [0.717, 1.165) is 43.0 Å². The van der Waals surface area contributed by atoms with Crippen LogP contribution >= 0.6 is 15.8 Å². The van der Waals surface area contributed by atoms with Crippen molar-refractivity contribution in [3.8, 4) is 34.1 Å². The first-order chi connectivity index (χ1) is 28.0. The lowest BCUT2D eigenvalue weighted by molar-refractivity contribution is -0.345. The van der Waals surface area contributed by atoms with Crippen LogP contribution in [0, 0.1) is 0 Å². The Morgan fingerprint density at radius 2 is 0.603 bits per heavy atom. The molecule has 58 heavy (non-hydrogen) atoms. The van der Waals surface area contributed by atoms with Gasteiger partial charge in [0.1, 0.15) is 0 Å². The number of fused-ring (bicyclic) bond motifs is 2. The van der Waals surface area contributed by atoms with E-state index in [4.69, 9.17) is 37.9 Å². The number of rotatable bonds is 11. The van der Waals surface area contributed by atoms with Crippen molar-refractivity contribution in [3.05, 3.63) is 146 Å². The van der Waals surface area contributed by atoms with Gasteiger partial charge in [0.15, 0.2) is 23.0 Å². The topological polar surface area (TPSA) is 73.8 Å². The molecule has 10 heteroatoms. The van der Waals surface area contributed by atoms with E-state index in [0.29, 0.717) is 23.0 Å². The largest absolute Gasteiger partial charge is 0.452 e. The van der Waals surface area contributed by atoms with Gasteiger partial charge in [-0.25, -0.2) is 0 Å². The minimum atomic E-state index is -1.38. The molecule has 0 aromatic heterocycles. The lowest BCUT2D eigenvalue weighted by atomic mass is 9.98. The summed E-state index contributed by atoms with van der Waals surface area (Å²) < 4.78 is 52.4. The van der Waals surface area contributed by atoms with E-state index in [1.165, 1.54) is 0 Å². The maximum absolute atomic E-state index is 7.19. The first-order valence-electron chi connectivity index (χ1n) is 19.1. The smallest absolute Gasteiger partial charge is 0.273 e. The third-order valence-electron chi connectivity index (χ3n) is 11.4. The highest BCUT2D eigenvalue weighted by Crippen LogP contribution is 2.57. The van der Waals surface area contributed by atoms with Gasteiger partial charge < -0.3 is 37.9 Å². The summed E-state index contributed by atoms with van der Waals surface area (Å²) in [5.74, 6) is -3.39. The van der Waals surface area contributed by atoms with Crippen molar-refractivity contribution in [2.24, 2.45) is 0 Å². The fourth-order valence-electron chi connectivity index (χ4n) is 7.58. The number of methoxy groups -OCH3 is 4. The van der Waals surface area contributed by atoms with Crippen LogP contribution in [0.3, 0.4) is 0 Å². The van der Waals surface area contributed by atoms with Crippen molar-refractivity contribution < 1.29 is 37.9 Å². The van der Waals surface area contributed by atoms with Gasteiger partial charge in [0, 0.05) is 67.3 Å². The van der Waals surface area contributed by atoms with Crippen LogP contribution in [0.5, 0.6) is 23.0 Å². The molecule has 0 amide bonds. The minimum absolute atomic E-state index is 0.490. The molecule has 8 rings (SSSR count). The fourth-order valence-corrected chi connectivity index (χ4v) is 12.5. The molecule has 2 aliphatic heterocycles. The highest BCUT2D eigenvalue weighted by molar-refractivity contribution is 7.80. The molecule has 0 spiro atoms. The number of hydrogen-bond donors (Lipinski definition) is 0. The zero-order valence-electron chi connectivity index (χ0n) is 34.0. The third-order valence-corrected chi connectivity index (χ3v) is 16.4. The summed E-state index contributed by atoms with van der Waals surface area (Å²) in [5, 5.41) is 6.66. The molecule has 6 aromatic carbocycles. The van der Waals surface area contributed by atoms with E-state index < -0.39 is 39.0 Å². The van der Waals surface area contributed by atoms with Crippen molar-refractivity contribution in [3.63, 3.8) is 0 Å². The van der Waals surface area contributed by atoms with Crippen LogP contribution in [0.2, 0.25) is 0 Å². The van der Waals surface area contributed by atoms with Crippen LogP contribution in [0.4, 0.5) is 0 Å². The SMILES string of the molecule is COC1(C)Oc2ccc(P(c3ccccc3)c3ccccc3)c(-c3c(P(c4ccccc4)c4ccccc4)ccc4c3OC(C)(OC)C(C)(OC)O4)c2OC1(C)OC. The second-order valence-electron chi connectivity index (χ2n) is 14.6. The predicted molar refractivity (Wildman–Crippen MR) is 233 cm³/mol. The third kappa shape index (κ3) is 6.66. The van der Waals surface area contributed by atoms with Crippen LogP contribution in [0.15, 0.2) is 146 Å². The van der Waals surface area contributed by atoms with E-state index in [-0.39, 0.29) is 0 Å². The van der Waals surface area contributed by atoms with Gasteiger partial charge in [0.05, 0.1) is 0 Å². The molecule has 298 valence electrons. The Morgan fingerprint density at radius 3 is 0.862 bits per heavy atom. The van der Waals surface area contributed by atoms with Gasteiger partial charge >= 0.3 is 0 Å². The van der Waals surface area contributed by atoms with Crippen molar-refractivity contribution >= 4 is 47.7 Å². The van der Waals surface area contributed by atoms with E-state index >= 15 is 0 Å². The van der Waals surface area contributed by atoms with E-state index in [1.54, 1.807) is 28.4 Å². The Bertz CT molecular complexity index is 2140. The quantitative estimate of drug-likeness (QED) is 0.123. The van der Waals surface area contributed by atoms with Crippen LogP contribution in [-0.4, -0.2) is 51.6 Å². The van der Waals surface area contributed by atoms with Crippen LogP contribution in [0.25, 0.3) is 11.1 Å². The summed E-state index contributed by atoms with van der Waals surface area (Å²) >= 11 is 0. The second kappa shape index (κ2) is 15.8. The summed E-state index contributed by atoms with van der Waals surface area (Å²) in [6, 6.07) is 50.7. The molecule has 0 N–H and O–H groups in total. The molecule has 0 radical (unpaired) electrons. The molecule has 0 saturated carbocycles. The maximum Gasteiger partial charge on any atom is 0.273 e. The Balaban J connectivity index is 1.56. The summed E-state index contributed by atoms with van der Waals surface area (Å²) in [4.78, 5) is 0. The molecule has 0 fully saturated rings. The van der Waals surface area contributed by atoms with Crippen LogP contribution in [-0.2, 0) is 18.9 Å². The van der Waals surface area contributed by atoms with E-state index in [2.05, 4.69) is 109 Å². The molecular formula is C48H48O8P2. The average Bonchev–Trinajstić information content (AvgIpc) is 3.26. The molecule has 0 saturated heterocycles. The van der Waals surface area contributed by atoms with Gasteiger partial charge in [-0.2, -0.15) is 0 Å². The monoisotopic (exact) mass is 814 g/mol. The highest BCUT2D eigenvalue weighted by atomic mass is 31.1. The van der Waals surface area contributed by atoms with Gasteiger partial charge in [-0.05, 0) is 71.9 Å². The fraction of sp³-hybridized carbons (Fsp3) is 0.250. The summed E-state index contributed by atoms with van der Waals surface area (Å²) in [6.45, 7) is 7.31. The van der Waals surface area contributed by atoms with Crippen LogP contribution in [0.1, 0.15) is 27.7 Å². The number of ether oxygens (including phenoxy) is 8. The van der Waals surface area contributed by atoms with E-state index in [9.17, 15) is 0 Å². The van der Waals surface area contributed by atoms with Gasteiger partial charge in [0.2, 0.25) is 0 Å². The minimum Gasteiger partial charge on any atom is -0.452 e. The molecule has 2 heterocycles. The van der Waals surface area contributed by atoms with Crippen molar-refractivity contribution in [2.45, 2.75) is 50.8 Å². The normalized spacial score (nSPS) is 23.6. The first kappa shape index (κ1) is 40.0. The van der Waals surface area contributed by atoms with Gasteiger partial charge in [-0.3, -0.25) is 0 Å². The molecule has 2 aliphatic rings. The van der Waals surface area contributed by atoms with Gasteiger partial charge in [-0.15, -0.1) is 0 Å².